The molecule has 5 rings (SSSR count). The normalized spacial score (nSPS) is 19.1. The summed E-state index contributed by atoms with van der Waals surface area (Å²) in [5.74, 6) is 0.825. The van der Waals surface area contributed by atoms with Crippen molar-refractivity contribution in [1.82, 2.24) is 14.7 Å². The summed E-state index contributed by atoms with van der Waals surface area (Å²) >= 11 is 18.4. The molecule has 0 aliphatic carbocycles. The van der Waals surface area contributed by atoms with Crippen molar-refractivity contribution in [3.63, 3.8) is 0 Å². The summed E-state index contributed by atoms with van der Waals surface area (Å²) in [7, 11) is 0. The standard InChI is InChI=1S/C24H23Cl3N4O/c25-18-4-2-16(3-5-18)14-31-23(32)21-15-29(13-17-10-19(26)12-20(27)11-17)9-6-22(21)30-8-1-7-28-24(30)31/h2-5,10-12H,1,6-9,13-15H2. The van der Waals surface area contributed by atoms with E-state index in [4.69, 9.17) is 39.8 Å². The summed E-state index contributed by atoms with van der Waals surface area (Å²) < 4.78 is 0. The molecule has 2 aromatic rings. The first-order chi connectivity index (χ1) is 15.5. The molecular weight excluding hydrogens is 467 g/mol. The van der Waals surface area contributed by atoms with E-state index in [2.05, 4.69) is 9.80 Å². The number of halogens is 3. The molecular formula is C24H23Cl3N4O. The highest BCUT2D eigenvalue weighted by atomic mass is 35.5. The Bertz CT molecular complexity index is 1090. The number of rotatable bonds is 4. The molecule has 0 saturated carbocycles. The molecule has 0 atom stereocenters. The van der Waals surface area contributed by atoms with Gasteiger partial charge in [0.25, 0.3) is 5.91 Å². The molecule has 5 nitrogen and oxygen atoms in total. The fraction of sp³-hybridized carbons (Fsp3) is 0.333. The lowest BCUT2D eigenvalue weighted by Crippen LogP contribution is -2.56. The number of hydrogen-bond donors (Lipinski definition) is 0. The second-order valence-electron chi connectivity index (χ2n) is 8.37. The van der Waals surface area contributed by atoms with Gasteiger partial charge in [0, 0.05) is 59.9 Å². The molecule has 1 amide bonds. The number of aliphatic imine (C=N–C) groups is 1. The molecule has 32 heavy (non-hydrogen) atoms. The second kappa shape index (κ2) is 9.06. The fourth-order valence-corrected chi connectivity index (χ4v) is 5.34. The lowest BCUT2D eigenvalue weighted by Gasteiger charge is -2.45. The monoisotopic (exact) mass is 488 g/mol. The maximum atomic E-state index is 13.7. The van der Waals surface area contributed by atoms with E-state index >= 15 is 0 Å². The van der Waals surface area contributed by atoms with Crippen molar-refractivity contribution < 1.29 is 4.79 Å². The Morgan fingerprint density at radius 3 is 2.38 bits per heavy atom. The van der Waals surface area contributed by atoms with Crippen LogP contribution in [0.3, 0.4) is 0 Å². The summed E-state index contributed by atoms with van der Waals surface area (Å²) in [5, 5.41) is 1.94. The van der Waals surface area contributed by atoms with Crippen LogP contribution >= 0.6 is 34.8 Å². The average molecular weight is 490 g/mol. The zero-order valence-corrected chi connectivity index (χ0v) is 19.8. The number of benzene rings is 2. The molecule has 0 N–H and O–H groups in total. The van der Waals surface area contributed by atoms with E-state index in [1.807, 2.05) is 41.3 Å². The Labute approximate surface area is 202 Å². The molecule has 0 saturated heterocycles. The van der Waals surface area contributed by atoms with Gasteiger partial charge >= 0.3 is 0 Å². The quantitative estimate of drug-likeness (QED) is 0.592. The van der Waals surface area contributed by atoms with Crippen LogP contribution in [0.1, 0.15) is 24.0 Å². The maximum Gasteiger partial charge on any atom is 0.259 e. The Balaban J connectivity index is 1.41. The summed E-state index contributed by atoms with van der Waals surface area (Å²) in [6.07, 6.45) is 1.82. The van der Waals surface area contributed by atoms with Gasteiger partial charge in [-0.15, -0.1) is 0 Å². The van der Waals surface area contributed by atoms with Gasteiger partial charge in [0.05, 0.1) is 12.1 Å². The van der Waals surface area contributed by atoms with Gasteiger partial charge in [0.2, 0.25) is 5.96 Å². The van der Waals surface area contributed by atoms with Crippen molar-refractivity contribution in [1.29, 1.82) is 0 Å². The first-order valence-corrected chi connectivity index (χ1v) is 11.9. The maximum absolute atomic E-state index is 13.7. The van der Waals surface area contributed by atoms with E-state index < -0.39 is 0 Å². The minimum Gasteiger partial charge on any atom is -0.315 e. The molecule has 0 bridgehead atoms. The molecule has 0 spiro atoms. The van der Waals surface area contributed by atoms with E-state index in [1.54, 1.807) is 6.07 Å². The largest absolute Gasteiger partial charge is 0.315 e. The molecule has 3 aliphatic rings. The molecule has 0 aromatic heterocycles. The smallest absolute Gasteiger partial charge is 0.259 e. The zero-order valence-electron chi connectivity index (χ0n) is 17.5. The van der Waals surface area contributed by atoms with Gasteiger partial charge in [0.1, 0.15) is 0 Å². The first kappa shape index (κ1) is 21.8. The van der Waals surface area contributed by atoms with Crippen molar-refractivity contribution in [2.75, 3.05) is 26.2 Å². The van der Waals surface area contributed by atoms with Crippen molar-refractivity contribution in [3.05, 3.63) is 79.9 Å². The molecule has 0 radical (unpaired) electrons. The highest BCUT2D eigenvalue weighted by Crippen LogP contribution is 2.32. The van der Waals surface area contributed by atoms with Crippen LogP contribution in [0.15, 0.2) is 58.7 Å². The lowest BCUT2D eigenvalue weighted by molar-refractivity contribution is -0.125. The predicted molar refractivity (Wildman–Crippen MR) is 129 cm³/mol. The SMILES string of the molecule is O=C1C2=C(CCN(Cc3cc(Cl)cc(Cl)c3)C2)N2CCCN=C2N1Cc1ccc(Cl)cc1. The third-order valence-electron chi connectivity index (χ3n) is 6.08. The Hall–Kier alpha value is -2.05. The lowest BCUT2D eigenvalue weighted by atomic mass is 9.99. The molecule has 0 unspecified atom stereocenters. The van der Waals surface area contributed by atoms with E-state index in [9.17, 15) is 4.79 Å². The van der Waals surface area contributed by atoms with E-state index in [1.165, 1.54) is 0 Å². The Morgan fingerprint density at radius 2 is 1.62 bits per heavy atom. The third-order valence-corrected chi connectivity index (χ3v) is 6.77. The molecule has 0 fully saturated rings. The average Bonchev–Trinajstić information content (AvgIpc) is 2.77. The van der Waals surface area contributed by atoms with E-state index in [0.29, 0.717) is 34.7 Å². The van der Waals surface area contributed by atoms with Gasteiger partial charge in [-0.25, -0.2) is 0 Å². The second-order valence-corrected chi connectivity index (χ2v) is 9.68. The highest BCUT2D eigenvalue weighted by molar-refractivity contribution is 6.34. The van der Waals surface area contributed by atoms with E-state index in [0.717, 1.165) is 60.8 Å². The third kappa shape index (κ3) is 4.40. The molecule has 166 valence electrons. The van der Waals surface area contributed by atoms with Gasteiger partial charge in [0.15, 0.2) is 0 Å². The highest BCUT2D eigenvalue weighted by Gasteiger charge is 2.40. The van der Waals surface area contributed by atoms with Crippen LogP contribution in [0, 0.1) is 0 Å². The van der Waals surface area contributed by atoms with Crippen molar-refractivity contribution in [3.8, 4) is 0 Å². The molecule has 3 heterocycles. The number of fused-ring (bicyclic) bond motifs is 2. The molecule has 8 heteroatoms. The summed E-state index contributed by atoms with van der Waals surface area (Å²) in [6, 6.07) is 13.2. The van der Waals surface area contributed by atoms with Crippen LogP contribution in [0.2, 0.25) is 15.1 Å². The van der Waals surface area contributed by atoms with Crippen molar-refractivity contribution in [2.24, 2.45) is 4.99 Å². The van der Waals surface area contributed by atoms with Gasteiger partial charge in [-0.1, -0.05) is 46.9 Å². The van der Waals surface area contributed by atoms with Gasteiger partial charge < -0.3 is 4.90 Å². The minimum absolute atomic E-state index is 0.0423. The molecule has 2 aromatic carbocycles. The number of amides is 1. The number of nitrogens with zero attached hydrogens (tertiary/aromatic N) is 4. The minimum atomic E-state index is 0.0423. The van der Waals surface area contributed by atoms with Gasteiger partial charge in [-0.05, 0) is 47.9 Å². The summed E-state index contributed by atoms with van der Waals surface area (Å²) in [6.45, 7) is 4.29. The number of carbonyl (C=O) groups is 1. The zero-order chi connectivity index (χ0) is 22.2. The fourth-order valence-electron chi connectivity index (χ4n) is 4.64. The predicted octanol–water partition coefficient (Wildman–Crippen LogP) is 5.21. The van der Waals surface area contributed by atoms with E-state index in [-0.39, 0.29) is 5.91 Å². The van der Waals surface area contributed by atoms with Crippen LogP contribution in [0.25, 0.3) is 0 Å². The van der Waals surface area contributed by atoms with Gasteiger partial charge in [-0.2, -0.15) is 0 Å². The topological polar surface area (TPSA) is 39.2 Å². The Kier molecular flexibility index (Phi) is 6.17. The number of guanidine groups is 1. The van der Waals surface area contributed by atoms with Gasteiger partial charge in [-0.3, -0.25) is 19.6 Å². The van der Waals surface area contributed by atoms with Crippen molar-refractivity contribution >= 4 is 46.7 Å². The summed E-state index contributed by atoms with van der Waals surface area (Å²) in [4.78, 5) is 24.8. The van der Waals surface area contributed by atoms with Crippen LogP contribution in [-0.2, 0) is 17.9 Å². The summed E-state index contributed by atoms with van der Waals surface area (Å²) in [5.41, 5.74) is 4.06. The molecule has 3 aliphatic heterocycles. The van der Waals surface area contributed by atoms with Crippen LogP contribution < -0.4 is 0 Å². The Morgan fingerprint density at radius 1 is 0.875 bits per heavy atom. The van der Waals surface area contributed by atoms with Crippen LogP contribution in [-0.4, -0.2) is 52.7 Å². The number of hydrogen-bond acceptors (Lipinski definition) is 4. The van der Waals surface area contributed by atoms with Crippen LogP contribution in [0.4, 0.5) is 0 Å². The number of carbonyl (C=O) groups excluding carboxylic acids is 1. The van der Waals surface area contributed by atoms with Crippen molar-refractivity contribution in [2.45, 2.75) is 25.9 Å². The van der Waals surface area contributed by atoms with Crippen LogP contribution in [0.5, 0.6) is 0 Å². The first-order valence-electron chi connectivity index (χ1n) is 10.8.